The highest BCUT2D eigenvalue weighted by Crippen LogP contribution is 2.33. The van der Waals surface area contributed by atoms with Crippen molar-refractivity contribution in [2.45, 2.75) is 19.4 Å². The van der Waals surface area contributed by atoms with Gasteiger partial charge in [0.15, 0.2) is 5.60 Å². The van der Waals surface area contributed by atoms with Crippen molar-refractivity contribution in [2.24, 2.45) is 5.73 Å². The molecule has 5 nitrogen and oxygen atoms in total. The number of amides is 2. The van der Waals surface area contributed by atoms with Crippen LogP contribution in [0.1, 0.15) is 24.2 Å². The number of carbonyl (C=O) groups excluding carboxylic acids is 2. The Kier molecular flexibility index (Phi) is 2.11. The summed E-state index contributed by atoms with van der Waals surface area (Å²) < 4.78 is 5.50. The Morgan fingerprint density at radius 2 is 2.12 bits per heavy atom. The van der Waals surface area contributed by atoms with Crippen LogP contribution in [0.25, 0.3) is 0 Å². The van der Waals surface area contributed by atoms with Crippen molar-refractivity contribution in [1.82, 2.24) is 0 Å². The van der Waals surface area contributed by atoms with Gasteiger partial charge in [0.05, 0.1) is 5.69 Å². The molecule has 84 valence electrons. The van der Waals surface area contributed by atoms with E-state index in [-0.39, 0.29) is 5.91 Å². The second kappa shape index (κ2) is 3.23. The maximum absolute atomic E-state index is 11.6. The first-order valence-corrected chi connectivity index (χ1v) is 4.84. The summed E-state index contributed by atoms with van der Waals surface area (Å²) >= 11 is 0. The summed E-state index contributed by atoms with van der Waals surface area (Å²) in [6.07, 6.45) is 0. The van der Waals surface area contributed by atoms with Crippen molar-refractivity contribution >= 4 is 17.5 Å². The van der Waals surface area contributed by atoms with Crippen LogP contribution in [-0.4, -0.2) is 17.4 Å². The van der Waals surface area contributed by atoms with E-state index in [1.807, 2.05) is 0 Å². The fraction of sp³-hybridized carbons (Fsp3) is 0.273. The topological polar surface area (TPSA) is 81.4 Å². The Bertz CT molecular complexity index is 480. The fourth-order valence-corrected chi connectivity index (χ4v) is 1.46. The highest BCUT2D eigenvalue weighted by atomic mass is 16.5. The molecule has 0 atom stereocenters. The van der Waals surface area contributed by atoms with Crippen LogP contribution in [0.3, 0.4) is 0 Å². The summed E-state index contributed by atoms with van der Waals surface area (Å²) in [4.78, 5) is 22.6. The number of hydrogen-bond acceptors (Lipinski definition) is 3. The molecule has 0 unspecified atom stereocenters. The maximum Gasteiger partial charge on any atom is 0.268 e. The fourth-order valence-electron chi connectivity index (χ4n) is 1.46. The summed E-state index contributed by atoms with van der Waals surface area (Å²) in [6, 6.07) is 4.67. The Labute approximate surface area is 92.6 Å². The van der Waals surface area contributed by atoms with Crippen LogP contribution >= 0.6 is 0 Å². The average Bonchev–Trinajstić information content (AvgIpc) is 2.18. The predicted octanol–water partition coefficient (Wildman–Crippen LogP) is 0.895. The first-order valence-electron chi connectivity index (χ1n) is 4.84. The minimum atomic E-state index is -0.941. The number of carbonyl (C=O) groups is 2. The highest BCUT2D eigenvalue weighted by Gasteiger charge is 2.35. The van der Waals surface area contributed by atoms with Gasteiger partial charge < -0.3 is 15.8 Å². The van der Waals surface area contributed by atoms with E-state index >= 15 is 0 Å². The Morgan fingerprint density at radius 3 is 2.75 bits per heavy atom. The first-order chi connectivity index (χ1) is 7.40. The van der Waals surface area contributed by atoms with Gasteiger partial charge >= 0.3 is 0 Å². The number of benzene rings is 1. The van der Waals surface area contributed by atoms with Gasteiger partial charge in [-0.1, -0.05) is 0 Å². The van der Waals surface area contributed by atoms with E-state index in [9.17, 15) is 9.59 Å². The molecule has 0 spiro atoms. The third-order valence-corrected chi connectivity index (χ3v) is 2.43. The standard InChI is InChI=1S/C11H12N2O3/c1-11(2)10(15)13-7-4-3-6(9(12)14)5-8(7)16-11/h3-5H,1-2H3,(H2,12,14)(H,13,15). The minimum Gasteiger partial charge on any atom is -0.476 e. The lowest BCUT2D eigenvalue weighted by atomic mass is 10.0. The van der Waals surface area contributed by atoms with E-state index in [2.05, 4.69) is 5.32 Å². The monoisotopic (exact) mass is 220 g/mol. The molecule has 0 bridgehead atoms. The van der Waals surface area contributed by atoms with Gasteiger partial charge in [0.25, 0.3) is 5.91 Å². The Hall–Kier alpha value is -2.04. The molecular weight excluding hydrogens is 208 g/mol. The lowest BCUT2D eigenvalue weighted by Crippen LogP contribution is -2.45. The number of rotatable bonds is 1. The number of primary amides is 1. The number of nitrogens with two attached hydrogens (primary N) is 1. The van der Waals surface area contributed by atoms with Gasteiger partial charge in [-0.2, -0.15) is 0 Å². The molecule has 0 aliphatic carbocycles. The van der Waals surface area contributed by atoms with Crippen molar-refractivity contribution in [3.05, 3.63) is 23.8 Å². The van der Waals surface area contributed by atoms with Gasteiger partial charge in [0.2, 0.25) is 5.91 Å². The van der Waals surface area contributed by atoms with E-state index in [0.717, 1.165) is 0 Å². The van der Waals surface area contributed by atoms with Gasteiger partial charge in [0.1, 0.15) is 5.75 Å². The van der Waals surface area contributed by atoms with Crippen molar-refractivity contribution in [3.8, 4) is 5.75 Å². The van der Waals surface area contributed by atoms with Crippen LogP contribution in [0.4, 0.5) is 5.69 Å². The first kappa shape index (κ1) is 10.5. The molecule has 0 aromatic heterocycles. The van der Waals surface area contributed by atoms with Gasteiger partial charge in [-0.25, -0.2) is 0 Å². The molecular formula is C11H12N2O3. The van der Waals surface area contributed by atoms with Crippen LogP contribution in [-0.2, 0) is 4.79 Å². The molecule has 1 aliphatic rings. The summed E-state index contributed by atoms with van der Waals surface area (Å²) in [5.74, 6) is -0.283. The lowest BCUT2D eigenvalue weighted by molar-refractivity contribution is -0.129. The molecule has 16 heavy (non-hydrogen) atoms. The van der Waals surface area contributed by atoms with Crippen molar-refractivity contribution in [2.75, 3.05) is 5.32 Å². The second-order valence-corrected chi connectivity index (χ2v) is 4.14. The maximum atomic E-state index is 11.6. The van der Waals surface area contributed by atoms with Crippen molar-refractivity contribution in [3.63, 3.8) is 0 Å². The third-order valence-electron chi connectivity index (χ3n) is 2.43. The zero-order chi connectivity index (χ0) is 11.9. The average molecular weight is 220 g/mol. The summed E-state index contributed by atoms with van der Waals surface area (Å²) in [6.45, 7) is 3.31. The smallest absolute Gasteiger partial charge is 0.268 e. The van der Waals surface area contributed by atoms with Gasteiger partial charge in [0, 0.05) is 5.56 Å². The Morgan fingerprint density at radius 1 is 1.44 bits per heavy atom. The highest BCUT2D eigenvalue weighted by molar-refractivity contribution is 6.01. The molecule has 1 aliphatic heterocycles. The number of hydrogen-bond donors (Lipinski definition) is 2. The van der Waals surface area contributed by atoms with Crippen LogP contribution < -0.4 is 15.8 Å². The van der Waals surface area contributed by atoms with Gasteiger partial charge in [-0.05, 0) is 32.0 Å². The summed E-state index contributed by atoms with van der Waals surface area (Å²) in [5, 5.41) is 2.70. The summed E-state index contributed by atoms with van der Waals surface area (Å²) in [5.41, 5.74) is 5.12. The largest absolute Gasteiger partial charge is 0.476 e. The minimum absolute atomic E-state index is 0.216. The number of anilines is 1. The zero-order valence-electron chi connectivity index (χ0n) is 9.03. The molecule has 1 aromatic carbocycles. The van der Waals surface area contributed by atoms with Gasteiger partial charge in [-0.3, -0.25) is 9.59 Å². The van der Waals surface area contributed by atoms with E-state index in [0.29, 0.717) is 17.0 Å². The SMILES string of the molecule is CC1(C)Oc2cc(C(N)=O)ccc2NC1=O. The van der Waals surface area contributed by atoms with Crippen LogP contribution in [0.15, 0.2) is 18.2 Å². The van der Waals surface area contributed by atoms with Crippen LogP contribution in [0.5, 0.6) is 5.75 Å². The zero-order valence-corrected chi connectivity index (χ0v) is 9.03. The lowest BCUT2D eigenvalue weighted by Gasteiger charge is -2.31. The van der Waals surface area contributed by atoms with E-state index < -0.39 is 11.5 Å². The van der Waals surface area contributed by atoms with Crippen LogP contribution in [0, 0.1) is 0 Å². The molecule has 1 aromatic rings. The van der Waals surface area contributed by atoms with E-state index in [4.69, 9.17) is 10.5 Å². The molecule has 0 radical (unpaired) electrons. The summed E-state index contributed by atoms with van der Waals surface area (Å²) in [7, 11) is 0. The molecule has 0 saturated carbocycles. The van der Waals surface area contributed by atoms with E-state index in [1.54, 1.807) is 26.0 Å². The molecule has 2 amide bonds. The molecule has 3 N–H and O–H groups in total. The Balaban J connectivity index is 2.45. The van der Waals surface area contributed by atoms with Crippen molar-refractivity contribution in [1.29, 1.82) is 0 Å². The third kappa shape index (κ3) is 1.60. The molecule has 1 heterocycles. The van der Waals surface area contributed by atoms with E-state index in [1.165, 1.54) is 6.07 Å². The molecule has 5 heteroatoms. The number of fused-ring (bicyclic) bond motifs is 1. The van der Waals surface area contributed by atoms with Gasteiger partial charge in [-0.15, -0.1) is 0 Å². The molecule has 0 fully saturated rings. The number of ether oxygens (including phenoxy) is 1. The quantitative estimate of drug-likeness (QED) is 0.737. The second-order valence-electron chi connectivity index (χ2n) is 4.14. The molecule has 0 saturated heterocycles. The number of nitrogens with one attached hydrogen (secondary N) is 1. The predicted molar refractivity (Wildman–Crippen MR) is 58.3 cm³/mol. The van der Waals surface area contributed by atoms with Crippen LogP contribution in [0.2, 0.25) is 0 Å². The van der Waals surface area contributed by atoms with Crippen molar-refractivity contribution < 1.29 is 14.3 Å². The molecule has 2 rings (SSSR count). The normalized spacial score (nSPS) is 17.0.